The summed E-state index contributed by atoms with van der Waals surface area (Å²) in [5, 5.41) is 0. The van der Waals surface area contributed by atoms with Gasteiger partial charge in [-0.2, -0.15) is 0 Å². The van der Waals surface area contributed by atoms with Crippen LogP contribution in [0.5, 0.6) is 0 Å². The second-order valence-corrected chi connectivity index (χ2v) is 6.66. The van der Waals surface area contributed by atoms with Gasteiger partial charge in [0.15, 0.2) is 0 Å². The topological polar surface area (TPSA) is 61.8 Å². The largest absolute Gasteiger partial charge is 0.378 e. The molecule has 0 atom stereocenters. The fourth-order valence-electron chi connectivity index (χ4n) is 3.53. The lowest BCUT2D eigenvalue weighted by molar-refractivity contribution is -0.136. The summed E-state index contributed by atoms with van der Waals surface area (Å²) in [4.78, 5) is 27.9. The molecule has 0 saturated carbocycles. The van der Waals surface area contributed by atoms with Crippen molar-refractivity contribution in [1.82, 2.24) is 14.9 Å². The van der Waals surface area contributed by atoms with Gasteiger partial charge in [0.1, 0.15) is 18.0 Å². The van der Waals surface area contributed by atoms with Crippen LogP contribution in [0.15, 0.2) is 12.4 Å². The average molecular weight is 347 g/mol. The maximum absolute atomic E-state index is 12.5. The molecule has 3 rings (SSSR count). The summed E-state index contributed by atoms with van der Waals surface area (Å²) in [5.41, 5.74) is 0. The van der Waals surface area contributed by atoms with Gasteiger partial charge in [-0.25, -0.2) is 9.97 Å². The van der Waals surface area contributed by atoms with Crippen molar-refractivity contribution in [1.29, 1.82) is 0 Å². The Hall–Kier alpha value is -1.89. The van der Waals surface area contributed by atoms with Crippen LogP contribution in [0.4, 0.5) is 11.6 Å². The van der Waals surface area contributed by atoms with Crippen LogP contribution in [-0.4, -0.2) is 73.3 Å². The monoisotopic (exact) mass is 347 g/mol. The highest BCUT2D eigenvalue weighted by Crippen LogP contribution is 2.21. The molecule has 1 aromatic heterocycles. The zero-order valence-electron chi connectivity index (χ0n) is 15.4. The number of nitrogens with zero attached hydrogens (tertiary/aromatic N) is 5. The van der Waals surface area contributed by atoms with Crippen molar-refractivity contribution in [2.24, 2.45) is 5.92 Å². The normalized spacial score (nSPS) is 18.8. The number of aromatic nitrogens is 2. The van der Waals surface area contributed by atoms with E-state index < -0.39 is 0 Å². The summed E-state index contributed by atoms with van der Waals surface area (Å²) in [7, 11) is 0. The minimum Gasteiger partial charge on any atom is -0.378 e. The molecule has 0 aliphatic carbocycles. The van der Waals surface area contributed by atoms with Crippen molar-refractivity contribution in [3.63, 3.8) is 0 Å². The van der Waals surface area contributed by atoms with Crippen molar-refractivity contribution in [2.75, 3.05) is 62.3 Å². The number of rotatable bonds is 5. The number of hydrogen-bond donors (Lipinski definition) is 0. The van der Waals surface area contributed by atoms with Crippen molar-refractivity contribution in [2.45, 2.75) is 26.7 Å². The van der Waals surface area contributed by atoms with Gasteiger partial charge in [-0.1, -0.05) is 13.8 Å². The number of anilines is 2. The summed E-state index contributed by atoms with van der Waals surface area (Å²) < 4.78 is 5.41. The maximum Gasteiger partial charge on any atom is 0.225 e. The fraction of sp³-hybridized carbons (Fsp3) is 0.722. The number of morpholine rings is 1. The molecule has 2 fully saturated rings. The Labute approximate surface area is 150 Å². The molecule has 0 N–H and O–H groups in total. The Balaban J connectivity index is 1.60. The minimum absolute atomic E-state index is 0.165. The van der Waals surface area contributed by atoms with Gasteiger partial charge in [0.05, 0.1) is 13.2 Å². The highest BCUT2D eigenvalue weighted by atomic mass is 16.5. The van der Waals surface area contributed by atoms with E-state index in [2.05, 4.69) is 39.7 Å². The van der Waals surface area contributed by atoms with Gasteiger partial charge in [-0.15, -0.1) is 0 Å². The number of carbonyl (C=O) groups excluding carboxylic acids is 1. The van der Waals surface area contributed by atoms with E-state index in [-0.39, 0.29) is 5.92 Å². The lowest BCUT2D eigenvalue weighted by Gasteiger charge is -2.37. The van der Waals surface area contributed by atoms with E-state index in [0.29, 0.717) is 5.91 Å². The predicted octanol–water partition coefficient (Wildman–Crippen LogP) is 1.40. The molecule has 0 bridgehead atoms. The smallest absolute Gasteiger partial charge is 0.225 e. The lowest BCUT2D eigenvalue weighted by Crippen LogP contribution is -2.50. The van der Waals surface area contributed by atoms with Gasteiger partial charge in [-0.3, -0.25) is 4.79 Å². The van der Waals surface area contributed by atoms with Crippen LogP contribution < -0.4 is 9.80 Å². The van der Waals surface area contributed by atoms with E-state index >= 15 is 0 Å². The van der Waals surface area contributed by atoms with Gasteiger partial charge in [0.2, 0.25) is 5.91 Å². The lowest BCUT2D eigenvalue weighted by atomic mass is 10.0. The molecule has 1 amide bonds. The second kappa shape index (κ2) is 8.47. The molecule has 3 heterocycles. The molecule has 7 heteroatoms. The molecule has 0 spiro atoms. The molecule has 0 radical (unpaired) electrons. The van der Waals surface area contributed by atoms with Crippen LogP contribution in [0.3, 0.4) is 0 Å². The van der Waals surface area contributed by atoms with Crippen LogP contribution in [0, 0.1) is 5.92 Å². The van der Waals surface area contributed by atoms with E-state index in [9.17, 15) is 4.79 Å². The molecule has 2 aliphatic rings. The number of hydrogen-bond acceptors (Lipinski definition) is 6. The molecule has 0 unspecified atom stereocenters. The number of piperazine rings is 1. The third-order valence-electron chi connectivity index (χ3n) is 5.22. The van der Waals surface area contributed by atoms with E-state index in [1.54, 1.807) is 6.33 Å². The van der Waals surface area contributed by atoms with Crippen molar-refractivity contribution < 1.29 is 9.53 Å². The van der Waals surface area contributed by atoms with Crippen LogP contribution in [-0.2, 0) is 9.53 Å². The van der Waals surface area contributed by atoms with E-state index in [0.717, 1.165) is 77.0 Å². The molecule has 2 saturated heterocycles. The van der Waals surface area contributed by atoms with Gasteiger partial charge >= 0.3 is 0 Å². The summed E-state index contributed by atoms with van der Waals surface area (Å²) >= 11 is 0. The number of amides is 1. The van der Waals surface area contributed by atoms with Crippen molar-refractivity contribution in [3.8, 4) is 0 Å². The van der Waals surface area contributed by atoms with E-state index in [1.807, 2.05) is 4.90 Å². The Morgan fingerprint density at radius 3 is 2.12 bits per heavy atom. The van der Waals surface area contributed by atoms with E-state index in [1.165, 1.54) is 0 Å². The maximum atomic E-state index is 12.5. The van der Waals surface area contributed by atoms with E-state index in [4.69, 9.17) is 4.74 Å². The minimum atomic E-state index is 0.165. The number of ether oxygens (including phenoxy) is 1. The summed E-state index contributed by atoms with van der Waals surface area (Å²) in [6.07, 6.45) is 3.48. The Morgan fingerprint density at radius 2 is 1.56 bits per heavy atom. The number of carbonyl (C=O) groups is 1. The van der Waals surface area contributed by atoms with Crippen molar-refractivity contribution in [3.05, 3.63) is 12.4 Å². The van der Waals surface area contributed by atoms with Gasteiger partial charge in [0, 0.05) is 51.3 Å². The quantitative estimate of drug-likeness (QED) is 0.802. The van der Waals surface area contributed by atoms with Crippen molar-refractivity contribution >= 4 is 17.5 Å². The molecule has 138 valence electrons. The Bertz CT molecular complexity index is 564. The zero-order valence-corrected chi connectivity index (χ0v) is 15.4. The third kappa shape index (κ3) is 4.21. The first-order valence-electron chi connectivity index (χ1n) is 9.41. The zero-order chi connectivity index (χ0) is 17.6. The molecule has 0 aromatic carbocycles. The van der Waals surface area contributed by atoms with Crippen LogP contribution >= 0.6 is 0 Å². The Morgan fingerprint density at radius 1 is 1.00 bits per heavy atom. The third-order valence-corrected chi connectivity index (χ3v) is 5.22. The van der Waals surface area contributed by atoms with Crippen LogP contribution in [0.2, 0.25) is 0 Å². The molecule has 7 nitrogen and oxygen atoms in total. The molecular formula is C18H29N5O2. The van der Waals surface area contributed by atoms with Crippen LogP contribution in [0.1, 0.15) is 26.7 Å². The standard InChI is InChI=1S/C18H29N5O2/c1-3-15(4-2)18(24)23-7-5-21(6-8-23)16-13-17(20-14-19-16)22-9-11-25-12-10-22/h13-15H,3-12H2,1-2H3. The molecular weight excluding hydrogens is 318 g/mol. The second-order valence-electron chi connectivity index (χ2n) is 6.66. The predicted molar refractivity (Wildman–Crippen MR) is 97.9 cm³/mol. The fourth-order valence-corrected chi connectivity index (χ4v) is 3.53. The molecule has 2 aliphatic heterocycles. The Kier molecular flexibility index (Phi) is 6.07. The van der Waals surface area contributed by atoms with Crippen LogP contribution in [0.25, 0.3) is 0 Å². The summed E-state index contributed by atoms with van der Waals surface area (Å²) in [5.74, 6) is 2.38. The van der Waals surface area contributed by atoms with Gasteiger partial charge < -0.3 is 19.4 Å². The highest BCUT2D eigenvalue weighted by molar-refractivity contribution is 5.79. The molecule has 1 aromatic rings. The average Bonchev–Trinajstić information content (AvgIpc) is 2.70. The first kappa shape index (κ1) is 17.9. The highest BCUT2D eigenvalue weighted by Gasteiger charge is 2.26. The SMILES string of the molecule is CCC(CC)C(=O)N1CCN(c2cc(N3CCOCC3)ncn2)CC1. The summed E-state index contributed by atoms with van der Waals surface area (Å²) in [6, 6.07) is 2.06. The van der Waals surface area contributed by atoms with Gasteiger partial charge in [0.25, 0.3) is 0 Å². The first-order chi connectivity index (χ1) is 12.2. The summed E-state index contributed by atoms with van der Waals surface area (Å²) in [6.45, 7) is 10.6. The molecule has 25 heavy (non-hydrogen) atoms. The first-order valence-corrected chi connectivity index (χ1v) is 9.41. The van der Waals surface area contributed by atoms with Gasteiger partial charge in [-0.05, 0) is 12.8 Å².